The van der Waals surface area contributed by atoms with E-state index in [0.717, 1.165) is 22.2 Å². The molecule has 0 saturated heterocycles. The van der Waals surface area contributed by atoms with E-state index in [0.29, 0.717) is 11.8 Å². The van der Waals surface area contributed by atoms with Crippen LogP contribution in [0, 0.1) is 5.92 Å². The van der Waals surface area contributed by atoms with Crippen LogP contribution < -0.4 is 5.32 Å². The lowest BCUT2D eigenvalue weighted by Crippen LogP contribution is -2.29. The summed E-state index contributed by atoms with van der Waals surface area (Å²) in [6.07, 6.45) is 5.65. The van der Waals surface area contributed by atoms with Gasteiger partial charge in [0.25, 0.3) is 0 Å². The maximum atomic E-state index is 6.42. The van der Waals surface area contributed by atoms with Crippen LogP contribution >= 0.6 is 23.2 Å². The molecule has 0 amide bonds. The second-order valence-electron chi connectivity index (χ2n) is 5.73. The second-order valence-corrected chi connectivity index (χ2v) is 6.57. The number of fused-ring (bicyclic) bond motifs is 3. The van der Waals surface area contributed by atoms with Crippen LogP contribution in [0.5, 0.6) is 0 Å². The highest BCUT2D eigenvalue weighted by molar-refractivity contribution is 6.31. The highest BCUT2D eigenvalue weighted by atomic mass is 35.5. The standard InChI is InChI=1S/C18H15Cl2N/c19-11-8-9-17-15(10-11)12-5-3-6-13(12)18(21-17)14-4-1-2-7-16(14)20/h1-5,7-10,12-13,18,21H,6H2/t12-,13+,18+/m1/s1. The van der Waals surface area contributed by atoms with Crippen molar-refractivity contribution in [2.24, 2.45) is 5.92 Å². The van der Waals surface area contributed by atoms with E-state index in [-0.39, 0.29) is 6.04 Å². The minimum atomic E-state index is 0.243. The van der Waals surface area contributed by atoms with Crippen molar-refractivity contribution >= 4 is 28.9 Å². The smallest absolute Gasteiger partial charge is 0.0568 e. The molecule has 0 unspecified atom stereocenters. The number of halogens is 2. The fourth-order valence-corrected chi connectivity index (χ4v) is 4.03. The van der Waals surface area contributed by atoms with Gasteiger partial charge in [0.05, 0.1) is 6.04 Å². The summed E-state index contributed by atoms with van der Waals surface area (Å²) in [6.45, 7) is 0. The minimum absolute atomic E-state index is 0.243. The molecule has 0 radical (unpaired) electrons. The molecule has 1 aliphatic carbocycles. The predicted octanol–water partition coefficient (Wildman–Crippen LogP) is 5.82. The van der Waals surface area contributed by atoms with E-state index in [2.05, 4.69) is 41.7 Å². The normalized spacial score (nSPS) is 26.1. The first kappa shape index (κ1) is 13.2. The van der Waals surface area contributed by atoms with Crippen molar-refractivity contribution < 1.29 is 0 Å². The Bertz CT molecular complexity index is 723. The molecule has 4 rings (SSSR count). The third kappa shape index (κ3) is 2.16. The largest absolute Gasteiger partial charge is 0.378 e. The van der Waals surface area contributed by atoms with Gasteiger partial charge in [-0.1, -0.05) is 53.6 Å². The topological polar surface area (TPSA) is 12.0 Å². The number of benzene rings is 2. The molecule has 2 aromatic rings. The minimum Gasteiger partial charge on any atom is -0.378 e. The first-order chi connectivity index (χ1) is 10.2. The number of hydrogen-bond donors (Lipinski definition) is 1. The van der Waals surface area contributed by atoms with Crippen LogP contribution in [0.3, 0.4) is 0 Å². The van der Waals surface area contributed by atoms with Crippen molar-refractivity contribution in [1.82, 2.24) is 0 Å². The summed E-state index contributed by atoms with van der Waals surface area (Å²) >= 11 is 12.6. The molecule has 0 aromatic heterocycles. The molecule has 1 nitrogen and oxygen atoms in total. The molecule has 2 aromatic carbocycles. The Hall–Kier alpha value is -1.44. The van der Waals surface area contributed by atoms with Crippen LogP contribution in [0.15, 0.2) is 54.6 Å². The third-order valence-electron chi connectivity index (χ3n) is 4.57. The lowest BCUT2D eigenvalue weighted by molar-refractivity contribution is 0.426. The summed E-state index contributed by atoms with van der Waals surface area (Å²) in [5.74, 6) is 0.914. The molecular formula is C18H15Cl2N. The summed E-state index contributed by atoms with van der Waals surface area (Å²) in [5.41, 5.74) is 3.64. The van der Waals surface area contributed by atoms with E-state index < -0.39 is 0 Å². The Morgan fingerprint density at radius 1 is 1.00 bits per heavy atom. The van der Waals surface area contributed by atoms with Gasteiger partial charge in [-0.15, -0.1) is 0 Å². The van der Waals surface area contributed by atoms with Crippen LogP contribution in [0.1, 0.15) is 29.5 Å². The van der Waals surface area contributed by atoms with Gasteiger partial charge < -0.3 is 5.32 Å². The van der Waals surface area contributed by atoms with Crippen molar-refractivity contribution in [3.05, 3.63) is 75.8 Å². The SMILES string of the molecule is Clc1ccc2c(c1)[C@@H]1C=CC[C@@H]1[C@@H](c1ccccc1Cl)N2. The highest BCUT2D eigenvalue weighted by Crippen LogP contribution is 2.51. The molecule has 1 aliphatic heterocycles. The zero-order valence-electron chi connectivity index (χ0n) is 11.4. The molecular weight excluding hydrogens is 301 g/mol. The van der Waals surface area contributed by atoms with E-state index in [1.165, 1.54) is 11.1 Å². The molecule has 0 spiro atoms. The van der Waals surface area contributed by atoms with Crippen LogP contribution in [-0.2, 0) is 0 Å². The number of hydrogen-bond acceptors (Lipinski definition) is 1. The van der Waals surface area contributed by atoms with Crippen LogP contribution in [0.4, 0.5) is 5.69 Å². The molecule has 2 aliphatic rings. The summed E-state index contributed by atoms with van der Waals surface area (Å²) in [6, 6.07) is 14.5. The Morgan fingerprint density at radius 3 is 2.71 bits per heavy atom. The van der Waals surface area contributed by atoms with E-state index in [1.54, 1.807) is 0 Å². The molecule has 0 fully saturated rings. The van der Waals surface area contributed by atoms with Gasteiger partial charge in [0, 0.05) is 21.7 Å². The van der Waals surface area contributed by atoms with E-state index in [4.69, 9.17) is 23.2 Å². The Labute approximate surface area is 134 Å². The maximum Gasteiger partial charge on any atom is 0.0568 e. The molecule has 3 heteroatoms. The van der Waals surface area contributed by atoms with E-state index in [1.807, 2.05) is 18.2 Å². The lowest BCUT2D eigenvalue weighted by Gasteiger charge is -2.38. The Morgan fingerprint density at radius 2 is 1.86 bits per heavy atom. The van der Waals surface area contributed by atoms with Gasteiger partial charge in [-0.05, 0) is 47.7 Å². The van der Waals surface area contributed by atoms with Crippen LogP contribution in [-0.4, -0.2) is 0 Å². The van der Waals surface area contributed by atoms with Crippen LogP contribution in [0.25, 0.3) is 0 Å². The van der Waals surface area contributed by atoms with Gasteiger partial charge in [0.15, 0.2) is 0 Å². The average Bonchev–Trinajstić information content (AvgIpc) is 2.97. The maximum absolute atomic E-state index is 6.42. The van der Waals surface area contributed by atoms with Gasteiger partial charge in [0.2, 0.25) is 0 Å². The number of anilines is 1. The average molecular weight is 316 g/mol. The van der Waals surface area contributed by atoms with Gasteiger partial charge in [-0.2, -0.15) is 0 Å². The van der Waals surface area contributed by atoms with Crippen molar-refractivity contribution in [2.75, 3.05) is 5.32 Å². The first-order valence-corrected chi connectivity index (χ1v) is 7.97. The second kappa shape index (κ2) is 5.08. The fourth-order valence-electron chi connectivity index (χ4n) is 3.60. The van der Waals surface area contributed by atoms with Gasteiger partial charge in [0.1, 0.15) is 0 Å². The van der Waals surface area contributed by atoms with Gasteiger partial charge in [-0.3, -0.25) is 0 Å². The van der Waals surface area contributed by atoms with E-state index in [9.17, 15) is 0 Å². The zero-order valence-corrected chi connectivity index (χ0v) is 12.9. The fraction of sp³-hybridized carbons (Fsp3) is 0.222. The van der Waals surface area contributed by atoms with Crippen molar-refractivity contribution in [3.63, 3.8) is 0 Å². The predicted molar refractivity (Wildman–Crippen MR) is 89.3 cm³/mol. The number of allylic oxidation sites excluding steroid dienone is 2. The molecule has 21 heavy (non-hydrogen) atoms. The Balaban J connectivity index is 1.82. The Kier molecular flexibility index (Phi) is 3.20. The molecule has 0 saturated carbocycles. The summed E-state index contributed by atoms with van der Waals surface area (Å²) in [7, 11) is 0. The quantitative estimate of drug-likeness (QED) is 0.654. The molecule has 0 bridgehead atoms. The molecule has 1 heterocycles. The molecule has 1 N–H and O–H groups in total. The first-order valence-electron chi connectivity index (χ1n) is 7.21. The molecule has 106 valence electrons. The number of nitrogens with one attached hydrogen (secondary N) is 1. The summed E-state index contributed by atoms with van der Waals surface area (Å²) in [4.78, 5) is 0. The molecule has 3 atom stereocenters. The highest BCUT2D eigenvalue weighted by Gasteiger charge is 2.38. The zero-order chi connectivity index (χ0) is 14.4. The van der Waals surface area contributed by atoms with Crippen molar-refractivity contribution in [2.45, 2.75) is 18.4 Å². The lowest BCUT2D eigenvalue weighted by atomic mass is 9.77. The van der Waals surface area contributed by atoms with Gasteiger partial charge >= 0.3 is 0 Å². The van der Waals surface area contributed by atoms with Crippen LogP contribution in [0.2, 0.25) is 10.0 Å². The summed E-state index contributed by atoms with van der Waals surface area (Å²) in [5, 5.41) is 5.30. The summed E-state index contributed by atoms with van der Waals surface area (Å²) < 4.78 is 0. The van der Waals surface area contributed by atoms with Gasteiger partial charge in [-0.25, -0.2) is 0 Å². The van der Waals surface area contributed by atoms with Crippen molar-refractivity contribution in [1.29, 1.82) is 0 Å². The number of rotatable bonds is 1. The van der Waals surface area contributed by atoms with E-state index >= 15 is 0 Å². The monoisotopic (exact) mass is 315 g/mol. The van der Waals surface area contributed by atoms with Crippen molar-refractivity contribution in [3.8, 4) is 0 Å². The third-order valence-corrected chi connectivity index (χ3v) is 5.14.